The van der Waals surface area contributed by atoms with Crippen molar-refractivity contribution in [2.24, 2.45) is 0 Å². The van der Waals surface area contributed by atoms with E-state index in [0.29, 0.717) is 13.8 Å². The zero-order valence-electron chi connectivity index (χ0n) is 17.5. The normalized spacial score (nSPS) is 26.7. The second-order valence-electron chi connectivity index (χ2n) is 5.94. The number of nitrogens with zero attached hydrogens (tertiary/aromatic N) is 3. The Morgan fingerprint density at radius 3 is 1.93 bits per heavy atom. The molecule has 28 heavy (non-hydrogen) atoms. The Morgan fingerprint density at radius 1 is 1.04 bits per heavy atom. The highest BCUT2D eigenvalue weighted by molar-refractivity contribution is 5.65. The lowest BCUT2D eigenvalue weighted by molar-refractivity contribution is -0.139. The summed E-state index contributed by atoms with van der Waals surface area (Å²) in [4.78, 5) is 10.6. The van der Waals surface area contributed by atoms with Gasteiger partial charge in [-0.1, -0.05) is 0 Å². The number of halogens is 7. The molecule has 0 aromatic carbocycles. The monoisotopic (exact) mass is 420 g/mol. The van der Waals surface area contributed by atoms with Crippen LogP contribution in [-0.4, -0.2) is 50.6 Å². The first-order valence-electron chi connectivity index (χ1n) is 9.40. The summed E-state index contributed by atoms with van der Waals surface area (Å²) in [6.45, 7) is 1.37. The molecule has 1 unspecified atom stereocenters. The SMILES string of the molecule is [2H]C1([2H])CCC(c2nc(N[C@H](C)C(F)(F)F)nc(N[C@H](C)C(F)(F)F)n2)=C(F)C1([2H])O. The molecule has 0 fully saturated rings. The van der Waals surface area contributed by atoms with E-state index in [9.17, 15) is 35.8 Å². The maximum Gasteiger partial charge on any atom is 0.408 e. The summed E-state index contributed by atoms with van der Waals surface area (Å²) in [5.41, 5.74) is -0.638. The number of aliphatic hydroxyl groups is 1. The molecule has 0 saturated carbocycles. The number of hydrogen-bond acceptors (Lipinski definition) is 6. The Kier molecular flexibility index (Phi) is 5.14. The molecule has 13 heteroatoms. The molecule has 0 spiro atoms. The lowest BCUT2D eigenvalue weighted by atomic mass is 9.96. The predicted molar refractivity (Wildman–Crippen MR) is 86.0 cm³/mol. The van der Waals surface area contributed by atoms with Crippen LogP contribution in [0.15, 0.2) is 5.83 Å². The predicted octanol–water partition coefficient (Wildman–Crippen LogP) is 3.82. The van der Waals surface area contributed by atoms with E-state index in [2.05, 4.69) is 15.0 Å². The summed E-state index contributed by atoms with van der Waals surface area (Å²) in [6.07, 6.45) is -16.7. The van der Waals surface area contributed by atoms with E-state index in [1.54, 1.807) is 0 Å². The van der Waals surface area contributed by atoms with Crippen molar-refractivity contribution in [3.8, 4) is 0 Å². The third-order valence-corrected chi connectivity index (χ3v) is 3.72. The van der Waals surface area contributed by atoms with Crippen LogP contribution >= 0.6 is 0 Å². The van der Waals surface area contributed by atoms with Gasteiger partial charge in [0.2, 0.25) is 11.9 Å². The molecule has 1 aliphatic carbocycles. The molecule has 1 aromatic rings. The fraction of sp³-hybridized carbons (Fsp3) is 0.667. The van der Waals surface area contributed by atoms with E-state index >= 15 is 0 Å². The molecule has 2 rings (SSSR count). The van der Waals surface area contributed by atoms with Gasteiger partial charge in [-0.3, -0.25) is 0 Å². The summed E-state index contributed by atoms with van der Waals surface area (Å²) in [7, 11) is 0. The molecule has 0 aliphatic heterocycles. The first-order chi connectivity index (χ1) is 13.9. The van der Waals surface area contributed by atoms with Gasteiger partial charge in [0.15, 0.2) is 5.82 Å². The minimum Gasteiger partial charge on any atom is -0.386 e. The number of anilines is 2. The molecule has 1 aromatic heterocycles. The molecule has 158 valence electrons. The Hall–Kier alpha value is -2.18. The molecule has 0 amide bonds. The molecule has 3 atom stereocenters. The van der Waals surface area contributed by atoms with Gasteiger partial charge in [0, 0.05) is 8.31 Å². The molecule has 0 bridgehead atoms. The number of hydrogen-bond donors (Lipinski definition) is 3. The van der Waals surface area contributed by atoms with Crippen LogP contribution in [0.3, 0.4) is 0 Å². The van der Waals surface area contributed by atoms with Crippen molar-refractivity contribution in [3.05, 3.63) is 11.7 Å². The second-order valence-corrected chi connectivity index (χ2v) is 5.94. The van der Waals surface area contributed by atoms with E-state index in [-0.39, 0.29) is 0 Å². The summed E-state index contributed by atoms with van der Waals surface area (Å²) < 4.78 is 114. The van der Waals surface area contributed by atoms with E-state index < -0.39 is 78.9 Å². The highest BCUT2D eigenvalue weighted by Gasteiger charge is 2.38. The van der Waals surface area contributed by atoms with Gasteiger partial charge < -0.3 is 15.7 Å². The highest BCUT2D eigenvalue weighted by atomic mass is 19.4. The van der Waals surface area contributed by atoms with Crippen LogP contribution in [0.25, 0.3) is 5.57 Å². The Labute approximate surface area is 159 Å². The second kappa shape index (κ2) is 8.05. The Bertz CT molecular complexity index is 820. The van der Waals surface area contributed by atoms with E-state index in [4.69, 9.17) is 4.11 Å². The number of alkyl halides is 6. The number of aromatic nitrogens is 3. The van der Waals surface area contributed by atoms with Crippen molar-refractivity contribution in [2.75, 3.05) is 10.6 Å². The van der Waals surface area contributed by atoms with Gasteiger partial charge in [-0.25, -0.2) is 4.39 Å². The quantitative estimate of drug-likeness (QED) is 0.629. The highest BCUT2D eigenvalue weighted by Crippen LogP contribution is 2.33. The van der Waals surface area contributed by atoms with Gasteiger partial charge in [0.1, 0.15) is 24.0 Å². The number of rotatable bonds is 5. The zero-order valence-corrected chi connectivity index (χ0v) is 14.5. The van der Waals surface area contributed by atoms with Crippen LogP contribution in [0.5, 0.6) is 0 Å². The van der Waals surface area contributed by atoms with Crippen LogP contribution in [-0.2, 0) is 0 Å². The molecule has 0 radical (unpaired) electrons. The fourth-order valence-electron chi connectivity index (χ4n) is 2.04. The molecule has 1 aliphatic rings. The molecule has 3 N–H and O–H groups in total. The van der Waals surface area contributed by atoms with Crippen LogP contribution < -0.4 is 10.6 Å². The van der Waals surface area contributed by atoms with E-state index in [0.717, 1.165) is 0 Å². The standard InChI is InChI=1S/C15H18F7N5O/c1-6(14(17,18)19)23-12-25-11(8-4-3-5-9(28)10(8)16)26-13(27-12)24-7(2)15(20,21)22/h6-7,9,28H,3-5H2,1-2H3,(H2,23,24,25,26,27)/t6-,7-,9?/m1/s1/i5D2,9D. The topological polar surface area (TPSA) is 83.0 Å². The lowest BCUT2D eigenvalue weighted by Crippen LogP contribution is -2.35. The summed E-state index contributed by atoms with van der Waals surface area (Å²) in [5, 5.41) is 13.6. The van der Waals surface area contributed by atoms with Gasteiger partial charge in [-0.05, 0) is 33.1 Å². The maximum absolute atomic E-state index is 14.7. The first-order valence-corrected chi connectivity index (χ1v) is 7.90. The lowest BCUT2D eigenvalue weighted by Gasteiger charge is -2.22. The van der Waals surface area contributed by atoms with Gasteiger partial charge in [0.05, 0.1) is 1.37 Å². The van der Waals surface area contributed by atoms with Crippen LogP contribution in [0, 0.1) is 0 Å². The first kappa shape index (κ1) is 17.9. The van der Waals surface area contributed by atoms with E-state index in [1.807, 2.05) is 10.6 Å². The largest absolute Gasteiger partial charge is 0.408 e. The van der Waals surface area contributed by atoms with Crippen molar-refractivity contribution >= 4 is 17.5 Å². The number of nitrogens with one attached hydrogen (secondary N) is 2. The minimum absolute atomic E-state index is 0.480. The van der Waals surface area contributed by atoms with Crippen LogP contribution in [0.4, 0.5) is 42.6 Å². The van der Waals surface area contributed by atoms with Crippen LogP contribution in [0.1, 0.15) is 43.0 Å². The van der Waals surface area contributed by atoms with Gasteiger partial charge >= 0.3 is 12.4 Å². The summed E-state index contributed by atoms with van der Waals surface area (Å²) in [5.74, 6) is -4.13. The van der Waals surface area contributed by atoms with Crippen molar-refractivity contribution in [1.29, 1.82) is 0 Å². The van der Waals surface area contributed by atoms with Gasteiger partial charge in [-0.2, -0.15) is 41.3 Å². The van der Waals surface area contributed by atoms with Gasteiger partial charge in [-0.15, -0.1) is 0 Å². The van der Waals surface area contributed by atoms with Crippen molar-refractivity contribution in [3.63, 3.8) is 0 Å². The molecule has 1 heterocycles. The number of allylic oxidation sites excluding steroid dienone is 1. The van der Waals surface area contributed by atoms with Crippen molar-refractivity contribution in [2.45, 2.75) is 63.6 Å². The third-order valence-electron chi connectivity index (χ3n) is 3.72. The average molecular weight is 420 g/mol. The Balaban J connectivity index is 2.56. The average Bonchev–Trinajstić information content (AvgIpc) is 2.58. The third kappa shape index (κ3) is 5.42. The van der Waals surface area contributed by atoms with Crippen LogP contribution in [0.2, 0.25) is 0 Å². The molecular weight excluding hydrogens is 399 g/mol. The van der Waals surface area contributed by atoms with Crippen molar-refractivity contribution < 1.29 is 40.0 Å². The fourth-order valence-corrected chi connectivity index (χ4v) is 2.04. The maximum atomic E-state index is 14.7. The smallest absolute Gasteiger partial charge is 0.386 e. The molecule has 6 nitrogen and oxygen atoms in total. The van der Waals surface area contributed by atoms with Crippen molar-refractivity contribution in [1.82, 2.24) is 15.0 Å². The summed E-state index contributed by atoms with van der Waals surface area (Å²) >= 11 is 0. The summed E-state index contributed by atoms with van der Waals surface area (Å²) in [6, 6.07) is -4.47. The Morgan fingerprint density at radius 2 is 1.50 bits per heavy atom. The van der Waals surface area contributed by atoms with E-state index in [1.165, 1.54) is 0 Å². The van der Waals surface area contributed by atoms with Gasteiger partial charge in [0.25, 0.3) is 0 Å². The minimum atomic E-state index is -4.77. The molecular formula is C15H18F7N5O. The molecule has 0 saturated heterocycles. The zero-order chi connectivity index (χ0) is 24.0.